The summed E-state index contributed by atoms with van der Waals surface area (Å²) in [6.07, 6.45) is 4.68. The van der Waals surface area contributed by atoms with Crippen molar-refractivity contribution in [3.05, 3.63) is 65.9 Å². The second kappa shape index (κ2) is 10.1. The highest BCUT2D eigenvalue weighted by molar-refractivity contribution is 5.90. The van der Waals surface area contributed by atoms with Crippen molar-refractivity contribution in [2.45, 2.75) is 38.3 Å². The largest absolute Gasteiger partial charge is 0.497 e. The number of fused-ring (bicyclic) bond motifs is 1. The molecule has 0 aliphatic carbocycles. The average molecular weight is 451 g/mol. The molecule has 0 saturated carbocycles. The lowest BCUT2D eigenvalue weighted by atomic mass is 9.89. The number of nitrogens with zero attached hydrogens (tertiary/aromatic N) is 2. The summed E-state index contributed by atoms with van der Waals surface area (Å²) in [5.74, 6) is -0.598. The fourth-order valence-electron chi connectivity index (χ4n) is 4.90. The molecule has 0 radical (unpaired) electrons. The molecule has 2 aromatic carbocycles. The Kier molecular flexibility index (Phi) is 6.99. The van der Waals surface area contributed by atoms with Crippen LogP contribution in [0.1, 0.15) is 36.4 Å². The number of ether oxygens (including phenoxy) is 1. The Morgan fingerprint density at radius 2 is 1.82 bits per heavy atom. The maximum Gasteiger partial charge on any atom is 0.325 e. The topological polar surface area (TPSA) is 92.0 Å². The molecule has 1 aliphatic heterocycles. The molecule has 0 amide bonds. The van der Waals surface area contributed by atoms with Gasteiger partial charge in [-0.05, 0) is 62.0 Å². The number of carbonyl (C=O) groups is 2. The van der Waals surface area contributed by atoms with Gasteiger partial charge in [-0.3, -0.25) is 14.5 Å². The molecule has 1 aliphatic rings. The molecule has 3 aromatic rings. The molecule has 1 fully saturated rings. The molecular weight excluding hydrogens is 420 g/mol. The fraction of sp³-hybridized carbons (Fsp3) is 0.385. The minimum absolute atomic E-state index is 0.0299. The van der Waals surface area contributed by atoms with E-state index in [9.17, 15) is 14.7 Å². The van der Waals surface area contributed by atoms with Gasteiger partial charge in [-0.1, -0.05) is 30.3 Å². The first-order valence-electron chi connectivity index (χ1n) is 11.4. The Bertz CT molecular complexity index is 1120. The maximum atomic E-state index is 12.5. The normalized spacial score (nSPS) is 16.0. The summed E-state index contributed by atoms with van der Waals surface area (Å²) in [7, 11) is 1.58. The zero-order valence-corrected chi connectivity index (χ0v) is 18.8. The van der Waals surface area contributed by atoms with E-state index in [1.165, 1.54) is 5.56 Å². The SMILES string of the molecule is COc1ccc2c(c1)c([C@@H](C(=O)O)N1CCC(Cc3ccccc3)CC1)cn2CCC(=O)O. The third kappa shape index (κ3) is 5.20. The molecule has 7 nitrogen and oxygen atoms in total. The zero-order chi connectivity index (χ0) is 23.4. The van der Waals surface area contributed by atoms with Gasteiger partial charge in [0, 0.05) is 29.2 Å². The van der Waals surface area contributed by atoms with Gasteiger partial charge < -0.3 is 19.5 Å². The predicted molar refractivity (Wildman–Crippen MR) is 126 cm³/mol. The van der Waals surface area contributed by atoms with E-state index in [1.54, 1.807) is 7.11 Å². The van der Waals surface area contributed by atoms with E-state index in [-0.39, 0.29) is 13.0 Å². The molecule has 174 valence electrons. The number of methoxy groups -OCH3 is 1. The van der Waals surface area contributed by atoms with Gasteiger partial charge in [-0.25, -0.2) is 0 Å². The number of piperidine rings is 1. The molecule has 7 heteroatoms. The second-order valence-electron chi connectivity index (χ2n) is 8.71. The van der Waals surface area contributed by atoms with Crippen molar-refractivity contribution in [2.75, 3.05) is 20.2 Å². The van der Waals surface area contributed by atoms with Gasteiger partial charge in [0.1, 0.15) is 11.8 Å². The highest BCUT2D eigenvalue weighted by Crippen LogP contribution is 2.35. The van der Waals surface area contributed by atoms with E-state index < -0.39 is 18.0 Å². The Morgan fingerprint density at radius 3 is 2.45 bits per heavy atom. The Balaban J connectivity index is 1.59. The number of likely N-dealkylation sites (tertiary alicyclic amines) is 1. The van der Waals surface area contributed by atoms with Gasteiger partial charge >= 0.3 is 11.9 Å². The lowest BCUT2D eigenvalue weighted by molar-refractivity contribution is -0.144. The number of hydrogen-bond acceptors (Lipinski definition) is 4. The summed E-state index contributed by atoms with van der Waals surface area (Å²) in [6, 6.07) is 15.2. The first-order chi connectivity index (χ1) is 16.0. The van der Waals surface area contributed by atoms with Crippen LogP contribution >= 0.6 is 0 Å². The van der Waals surface area contributed by atoms with Gasteiger partial charge in [0.05, 0.1) is 13.5 Å². The van der Waals surface area contributed by atoms with Crippen LogP contribution in [-0.4, -0.2) is 51.8 Å². The molecule has 1 saturated heterocycles. The van der Waals surface area contributed by atoms with Gasteiger partial charge in [-0.2, -0.15) is 0 Å². The average Bonchev–Trinajstić information content (AvgIpc) is 3.16. The summed E-state index contributed by atoms with van der Waals surface area (Å²) >= 11 is 0. The van der Waals surface area contributed by atoms with E-state index in [2.05, 4.69) is 24.3 Å². The minimum Gasteiger partial charge on any atom is -0.497 e. The fourth-order valence-corrected chi connectivity index (χ4v) is 4.90. The van der Waals surface area contributed by atoms with Gasteiger partial charge in [0.15, 0.2) is 0 Å². The number of aryl methyl sites for hydroxylation is 1. The van der Waals surface area contributed by atoms with Crippen LogP contribution in [0.15, 0.2) is 54.7 Å². The molecule has 0 unspecified atom stereocenters. The third-order valence-electron chi connectivity index (χ3n) is 6.60. The number of benzene rings is 2. The predicted octanol–water partition coefficient (Wildman–Crippen LogP) is 4.21. The Labute approximate surface area is 193 Å². The summed E-state index contributed by atoms with van der Waals surface area (Å²) in [4.78, 5) is 25.6. The van der Waals surface area contributed by atoms with Crippen molar-refractivity contribution in [2.24, 2.45) is 5.92 Å². The first kappa shape index (κ1) is 22.9. The zero-order valence-electron chi connectivity index (χ0n) is 18.8. The van der Waals surface area contributed by atoms with E-state index in [4.69, 9.17) is 9.84 Å². The molecular formula is C26H30N2O5. The summed E-state index contributed by atoms with van der Waals surface area (Å²) in [6.45, 7) is 1.70. The van der Waals surface area contributed by atoms with Crippen molar-refractivity contribution >= 4 is 22.8 Å². The van der Waals surface area contributed by atoms with Crippen LogP contribution in [0.2, 0.25) is 0 Å². The standard InChI is InChI=1S/C26H30N2O5/c1-33-20-7-8-23-21(16-20)22(17-28(23)14-11-24(29)30)25(26(31)32)27-12-9-19(10-13-27)15-18-5-3-2-4-6-18/h2-8,16-17,19,25H,9-15H2,1H3,(H,29,30)(H,31,32)/t25-/m0/s1. The molecule has 0 bridgehead atoms. The monoisotopic (exact) mass is 450 g/mol. The van der Waals surface area contributed by atoms with Crippen LogP contribution < -0.4 is 4.74 Å². The van der Waals surface area contributed by atoms with Crippen LogP contribution in [0.3, 0.4) is 0 Å². The smallest absolute Gasteiger partial charge is 0.325 e. The second-order valence-corrected chi connectivity index (χ2v) is 8.71. The van der Waals surface area contributed by atoms with Gasteiger partial charge in [0.2, 0.25) is 0 Å². The number of carboxylic acids is 2. The van der Waals surface area contributed by atoms with Crippen LogP contribution in [0.25, 0.3) is 10.9 Å². The first-order valence-corrected chi connectivity index (χ1v) is 11.4. The number of aliphatic carboxylic acids is 2. The van der Waals surface area contributed by atoms with Crippen molar-refractivity contribution in [1.29, 1.82) is 0 Å². The molecule has 0 spiro atoms. The van der Waals surface area contributed by atoms with Crippen LogP contribution in [-0.2, 0) is 22.6 Å². The van der Waals surface area contributed by atoms with Crippen LogP contribution in [0.5, 0.6) is 5.75 Å². The molecule has 2 N–H and O–H groups in total. The minimum atomic E-state index is -0.892. The third-order valence-corrected chi connectivity index (χ3v) is 6.60. The number of carboxylic acid groups (broad SMARTS) is 2. The highest BCUT2D eigenvalue weighted by Gasteiger charge is 2.33. The summed E-state index contributed by atoms with van der Waals surface area (Å²) < 4.78 is 7.22. The van der Waals surface area contributed by atoms with E-state index >= 15 is 0 Å². The number of hydrogen-bond donors (Lipinski definition) is 2. The Morgan fingerprint density at radius 1 is 1.09 bits per heavy atom. The van der Waals surface area contributed by atoms with E-state index in [0.717, 1.165) is 30.2 Å². The molecule has 1 aromatic heterocycles. The van der Waals surface area contributed by atoms with Crippen molar-refractivity contribution in [1.82, 2.24) is 9.47 Å². The quantitative estimate of drug-likeness (QED) is 0.508. The molecule has 33 heavy (non-hydrogen) atoms. The number of aromatic nitrogens is 1. The van der Waals surface area contributed by atoms with Gasteiger partial charge in [0.25, 0.3) is 0 Å². The van der Waals surface area contributed by atoms with Gasteiger partial charge in [-0.15, -0.1) is 0 Å². The summed E-state index contributed by atoms with van der Waals surface area (Å²) in [5, 5.41) is 20.1. The lowest BCUT2D eigenvalue weighted by Gasteiger charge is -2.35. The molecule has 1 atom stereocenters. The van der Waals surface area contributed by atoms with Crippen molar-refractivity contribution < 1.29 is 24.5 Å². The molecule has 4 rings (SSSR count). The van der Waals surface area contributed by atoms with E-state index in [0.29, 0.717) is 30.3 Å². The van der Waals surface area contributed by atoms with Crippen LogP contribution in [0.4, 0.5) is 0 Å². The molecule has 2 heterocycles. The highest BCUT2D eigenvalue weighted by atomic mass is 16.5. The Hall–Kier alpha value is -3.32. The lowest BCUT2D eigenvalue weighted by Crippen LogP contribution is -2.40. The van der Waals surface area contributed by atoms with E-state index in [1.807, 2.05) is 39.9 Å². The maximum absolute atomic E-state index is 12.5. The van der Waals surface area contributed by atoms with Crippen molar-refractivity contribution in [3.8, 4) is 5.75 Å². The summed E-state index contributed by atoms with van der Waals surface area (Å²) in [5.41, 5.74) is 2.82. The van der Waals surface area contributed by atoms with Crippen LogP contribution in [0, 0.1) is 5.92 Å². The van der Waals surface area contributed by atoms with Crippen molar-refractivity contribution in [3.63, 3.8) is 0 Å². The number of rotatable bonds is 9.